The van der Waals surface area contributed by atoms with E-state index < -0.39 is 0 Å². The minimum Gasteiger partial charge on any atom is -0.497 e. The van der Waals surface area contributed by atoms with Crippen LogP contribution in [0.5, 0.6) is 5.75 Å². The van der Waals surface area contributed by atoms with E-state index in [1.165, 1.54) is 16.0 Å². The van der Waals surface area contributed by atoms with Crippen molar-refractivity contribution in [3.8, 4) is 5.75 Å². The molecule has 1 N–H and O–H groups in total. The Hall–Kier alpha value is -3.23. The first-order valence-corrected chi connectivity index (χ1v) is 13.1. The van der Waals surface area contributed by atoms with E-state index in [-0.39, 0.29) is 5.91 Å². The van der Waals surface area contributed by atoms with Crippen molar-refractivity contribution < 1.29 is 9.53 Å². The Balaban J connectivity index is 1.22. The summed E-state index contributed by atoms with van der Waals surface area (Å²) in [5.41, 5.74) is 5.15. The van der Waals surface area contributed by atoms with Crippen LogP contribution < -0.4 is 10.1 Å². The van der Waals surface area contributed by atoms with Crippen LogP contribution in [0.25, 0.3) is 10.2 Å². The normalized spacial score (nSPS) is 15.8. The number of nitrogens with one attached hydrogen (secondary N) is 1. The maximum absolute atomic E-state index is 13.1. The molecule has 180 valence electrons. The second kappa shape index (κ2) is 9.43. The number of methoxy groups -OCH3 is 1. The Labute approximate surface area is 208 Å². The molecule has 3 heterocycles. The minimum absolute atomic E-state index is 0.0335. The highest BCUT2D eigenvalue weighted by Crippen LogP contribution is 2.28. The average molecular weight is 488 g/mol. The van der Waals surface area contributed by atoms with Crippen LogP contribution in [0.2, 0.25) is 0 Å². The topological polar surface area (TPSA) is 72.3 Å². The van der Waals surface area contributed by atoms with E-state index in [9.17, 15) is 4.79 Å². The number of para-hydroxylation sites is 1. The molecule has 0 bridgehead atoms. The van der Waals surface area contributed by atoms with Gasteiger partial charge < -0.3 is 10.1 Å². The zero-order valence-electron chi connectivity index (χ0n) is 19.9. The van der Waals surface area contributed by atoms with E-state index in [2.05, 4.69) is 45.2 Å². The maximum atomic E-state index is 13.1. The fourth-order valence-electron chi connectivity index (χ4n) is 4.74. The number of carbonyl (C=O) groups excluding carboxylic acids is 1. The summed E-state index contributed by atoms with van der Waals surface area (Å²) in [6, 6.07) is 16.8. The van der Waals surface area contributed by atoms with Crippen molar-refractivity contribution in [1.29, 1.82) is 0 Å². The number of nitrogens with zero attached hydrogens (tertiary/aromatic N) is 4. The van der Waals surface area contributed by atoms with Crippen molar-refractivity contribution in [2.45, 2.75) is 51.4 Å². The molecule has 0 radical (unpaired) electrons. The molecule has 0 unspecified atom stereocenters. The lowest BCUT2D eigenvalue weighted by Gasteiger charge is -2.27. The second-order valence-corrected chi connectivity index (χ2v) is 10.5. The Morgan fingerprint density at radius 2 is 2.00 bits per heavy atom. The maximum Gasteiger partial charge on any atom is 0.272 e. The molecular weight excluding hydrogens is 458 g/mol. The molecule has 1 amide bonds. The van der Waals surface area contributed by atoms with E-state index in [4.69, 9.17) is 14.8 Å². The van der Waals surface area contributed by atoms with Gasteiger partial charge >= 0.3 is 0 Å². The molecule has 0 spiro atoms. The number of hydrogen-bond acceptors (Lipinski definition) is 6. The number of benzene rings is 2. The summed E-state index contributed by atoms with van der Waals surface area (Å²) in [7, 11) is 1.68. The molecule has 1 fully saturated rings. The molecule has 8 heteroatoms. The first-order valence-electron chi connectivity index (χ1n) is 12.3. The standard InChI is InChI=1S/C27H29N5O2S/c1-34-20-10-6-18(7-11-20)12-15-32-23-13-14-31(17-25-29-22-4-2-3-5-24(22)35-25)16-21(23)26(30-32)27(33)28-19-8-9-19/h2-7,10-11,19H,8-9,12-17H2,1H3,(H,28,33). The average Bonchev–Trinajstić information content (AvgIpc) is 3.48. The Morgan fingerprint density at radius 1 is 1.17 bits per heavy atom. The molecule has 2 aliphatic rings. The summed E-state index contributed by atoms with van der Waals surface area (Å²) in [6.07, 6.45) is 3.87. The van der Waals surface area contributed by atoms with E-state index in [1.54, 1.807) is 18.4 Å². The van der Waals surface area contributed by atoms with Crippen LogP contribution in [0, 0.1) is 0 Å². The molecule has 1 aliphatic carbocycles. The predicted octanol–water partition coefficient (Wildman–Crippen LogP) is 4.19. The first-order chi connectivity index (χ1) is 17.2. The van der Waals surface area contributed by atoms with Gasteiger partial charge in [-0.1, -0.05) is 24.3 Å². The van der Waals surface area contributed by atoms with Gasteiger partial charge in [-0.05, 0) is 49.1 Å². The van der Waals surface area contributed by atoms with Crippen LogP contribution in [0.4, 0.5) is 0 Å². The second-order valence-electron chi connectivity index (χ2n) is 9.38. The molecule has 7 nitrogen and oxygen atoms in total. The number of carbonyl (C=O) groups is 1. The molecule has 1 saturated carbocycles. The highest BCUT2D eigenvalue weighted by atomic mass is 32.1. The number of amides is 1. The van der Waals surface area contributed by atoms with Gasteiger partial charge in [-0.25, -0.2) is 4.98 Å². The number of rotatable bonds is 8. The first kappa shape index (κ1) is 22.2. The Kier molecular flexibility index (Phi) is 6.00. The SMILES string of the molecule is COc1ccc(CCn2nc(C(=O)NC3CC3)c3c2CCN(Cc2nc4ccccc4s2)C3)cc1. The fourth-order valence-corrected chi connectivity index (χ4v) is 5.75. The van der Waals surface area contributed by atoms with Gasteiger partial charge in [-0.3, -0.25) is 14.4 Å². The van der Waals surface area contributed by atoms with Crippen LogP contribution in [0.1, 0.15) is 45.2 Å². The van der Waals surface area contributed by atoms with E-state index in [0.29, 0.717) is 11.7 Å². The van der Waals surface area contributed by atoms with Gasteiger partial charge in [0.15, 0.2) is 5.69 Å². The van der Waals surface area contributed by atoms with Gasteiger partial charge in [0.1, 0.15) is 10.8 Å². The summed E-state index contributed by atoms with van der Waals surface area (Å²) in [5, 5.41) is 9.10. The lowest BCUT2D eigenvalue weighted by atomic mass is 10.0. The van der Waals surface area contributed by atoms with Crippen molar-refractivity contribution in [2.75, 3.05) is 13.7 Å². The highest BCUT2D eigenvalue weighted by Gasteiger charge is 2.31. The summed E-state index contributed by atoms with van der Waals surface area (Å²) >= 11 is 1.75. The van der Waals surface area contributed by atoms with Gasteiger partial charge in [0.05, 0.1) is 23.9 Å². The summed E-state index contributed by atoms with van der Waals surface area (Å²) in [4.78, 5) is 20.3. The van der Waals surface area contributed by atoms with Crippen LogP contribution in [-0.2, 0) is 32.5 Å². The summed E-state index contributed by atoms with van der Waals surface area (Å²) < 4.78 is 8.56. The van der Waals surface area contributed by atoms with Crippen LogP contribution >= 0.6 is 11.3 Å². The van der Waals surface area contributed by atoms with Crippen molar-refractivity contribution in [3.05, 3.63) is 76.1 Å². The third-order valence-electron chi connectivity index (χ3n) is 6.81. The van der Waals surface area contributed by atoms with Crippen molar-refractivity contribution in [3.63, 3.8) is 0 Å². The lowest BCUT2D eigenvalue weighted by molar-refractivity contribution is 0.0943. The zero-order chi connectivity index (χ0) is 23.8. The fraction of sp³-hybridized carbons (Fsp3) is 0.370. The smallest absolute Gasteiger partial charge is 0.272 e. The van der Waals surface area contributed by atoms with Gasteiger partial charge in [-0.15, -0.1) is 11.3 Å². The Morgan fingerprint density at radius 3 is 2.77 bits per heavy atom. The molecule has 2 aromatic carbocycles. The molecule has 0 saturated heterocycles. The van der Waals surface area contributed by atoms with Gasteiger partial charge in [0.25, 0.3) is 5.91 Å². The number of fused-ring (bicyclic) bond motifs is 2. The number of ether oxygens (including phenoxy) is 1. The summed E-state index contributed by atoms with van der Waals surface area (Å²) in [5.74, 6) is 0.825. The molecule has 6 rings (SSSR count). The summed E-state index contributed by atoms with van der Waals surface area (Å²) in [6.45, 7) is 3.20. The quantitative estimate of drug-likeness (QED) is 0.403. The van der Waals surface area contributed by atoms with Gasteiger partial charge in [0, 0.05) is 43.4 Å². The molecule has 4 aromatic rings. The van der Waals surface area contributed by atoms with Crippen LogP contribution in [-0.4, -0.2) is 45.3 Å². The molecular formula is C27H29N5O2S. The number of aromatic nitrogens is 3. The third-order valence-corrected chi connectivity index (χ3v) is 7.83. The minimum atomic E-state index is -0.0335. The predicted molar refractivity (Wildman–Crippen MR) is 137 cm³/mol. The van der Waals surface area contributed by atoms with Crippen LogP contribution in [0.3, 0.4) is 0 Å². The van der Waals surface area contributed by atoms with E-state index in [1.807, 2.05) is 18.2 Å². The van der Waals surface area contributed by atoms with Crippen molar-refractivity contribution in [1.82, 2.24) is 25.0 Å². The zero-order valence-corrected chi connectivity index (χ0v) is 20.7. The lowest BCUT2D eigenvalue weighted by Crippen LogP contribution is -2.32. The van der Waals surface area contributed by atoms with Crippen LogP contribution in [0.15, 0.2) is 48.5 Å². The Bertz CT molecular complexity index is 1320. The van der Waals surface area contributed by atoms with Gasteiger partial charge in [-0.2, -0.15) is 5.10 Å². The molecule has 35 heavy (non-hydrogen) atoms. The molecule has 1 aliphatic heterocycles. The van der Waals surface area contributed by atoms with E-state index >= 15 is 0 Å². The monoisotopic (exact) mass is 487 g/mol. The van der Waals surface area contributed by atoms with Crippen molar-refractivity contribution in [2.24, 2.45) is 0 Å². The largest absolute Gasteiger partial charge is 0.497 e. The van der Waals surface area contributed by atoms with Gasteiger partial charge in [0.2, 0.25) is 0 Å². The number of aryl methyl sites for hydroxylation is 2. The van der Waals surface area contributed by atoms with Crippen molar-refractivity contribution >= 4 is 27.5 Å². The number of hydrogen-bond donors (Lipinski definition) is 1. The number of thiazole rings is 1. The molecule has 0 atom stereocenters. The third kappa shape index (κ3) is 4.81. The highest BCUT2D eigenvalue weighted by molar-refractivity contribution is 7.18. The molecule has 2 aromatic heterocycles. The van der Waals surface area contributed by atoms with E-state index in [0.717, 1.165) is 73.7 Å².